The largest absolute Gasteiger partial charge is 0.348 e. The average Bonchev–Trinajstić information content (AvgIpc) is 3.29. The van der Waals surface area contributed by atoms with Crippen molar-refractivity contribution in [2.45, 2.75) is 37.3 Å². The summed E-state index contributed by atoms with van der Waals surface area (Å²) >= 11 is 7.71. The Bertz CT molecular complexity index is 1500. The topological polar surface area (TPSA) is 59.8 Å². The molecule has 0 radical (unpaired) electrons. The molecule has 5 nitrogen and oxygen atoms in total. The molecule has 0 saturated carbocycles. The maximum absolute atomic E-state index is 12.7. The average molecular weight is 527 g/mol. The van der Waals surface area contributed by atoms with E-state index in [1.165, 1.54) is 11.1 Å². The molecule has 37 heavy (non-hydrogen) atoms. The van der Waals surface area contributed by atoms with E-state index in [1.807, 2.05) is 60.8 Å². The van der Waals surface area contributed by atoms with Crippen LogP contribution in [0.15, 0.2) is 96.4 Å². The van der Waals surface area contributed by atoms with E-state index >= 15 is 0 Å². The Morgan fingerprint density at radius 2 is 1.57 bits per heavy atom. The van der Waals surface area contributed by atoms with Gasteiger partial charge in [-0.2, -0.15) is 0 Å². The van der Waals surface area contributed by atoms with Crippen molar-refractivity contribution in [1.82, 2.24) is 19.9 Å². The molecule has 186 valence electrons. The van der Waals surface area contributed by atoms with Crippen LogP contribution in [-0.2, 0) is 25.3 Å². The molecule has 0 fully saturated rings. The first kappa shape index (κ1) is 25.1. The van der Waals surface area contributed by atoms with Crippen LogP contribution in [0.3, 0.4) is 0 Å². The highest BCUT2D eigenvalue weighted by molar-refractivity contribution is 7.98. The summed E-state index contributed by atoms with van der Waals surface area (Å²) in [7, 11) is 0. The second-order valence-electron chi connectivity index (χ2n) is 8.81. The van der Waals surface area contributed by atoms with E-state index in [9.17, 15) is 4.79 Å². The molecule has 0 unspecified atom stereocenters. The van der Waals surface area contributed by atoms with Crippen molar-refractivity contribution in [2.75, 3.05) is 0 Å². The molecule has 0 aliphatic rings. The van der Waals surface area contributed by atoms with Crippen molar-refractivity contribution in [3.8, 4) is 0 Å². The lowest BCUT2D eigenvalue weighted by Gasteiger charge is -2.10. The van der Waals surface area contributed by atoms with Crippen molar-refractivity contribution in [3.05, 3.63) is 124 Å². The number of thioether (sulfide) groups is 1. The van der Waals surface area contributed by atoms with Crippen LogP contribution >= 0.6 is 23.4 Å². The zero-order chi connectivity index (χ0) is 25.6. The zero-order valence-corrected chi connectivity index (χ0v) is 22.1. The number of hydrogen-bond acceptors (Lipinski definition) is 4. The molecule has 1 N–H and O–H groups in total. The van der Waals surface area contributed by atoms with Crippen LogP contribution in [0.4, 0.5) is 0 Å². The second kappa shape index (κ2) is 11.6. The van der Waals surface area contributed by atoms with Gasteiger partial charge in [0.25, 0.3) is 5.91 Å². The molecule has 2 aromatic heterocycles. The molecule has 0 spiro atoms. The summed E-state index contributed by atoms with van der Waals surface area (Å²) in [6, 6.07) is 25.9. The van der Waals surface area contributed by atoms with Crippen molar-refractivity contribution in [1.29, 1.82) is 0 Å². The van der Waals surface area contributed by atoms with Crippen LogP contribution in [0.25, 0.3) is 11.0 Å². The lowest BCUT2D eigenvalue weighted by molar-refractivity contribution is 0.0951. The van der Waals surface area contributed by atoms with Crippen molar-refractivity contribution >= 4 is 40.3 Å². The Labute approximate surface area is 225 Å². The highest BCUT2D eigenvalue weighted by atomic mass is 35.5. The number of nitrogens with one attached hydrogen (secondary N) is 1. The van der Waals surface area contributed by atoms with Crippen LogP contribution in [0.5, 0.6) is 0 Å². The fourth-order valence-electron chi connectivity index (χ4n) is 4.06. The molecule has 7 heteroatoms. The van der Waals surface area contributed by atoms with Crippen molar-refractivity contribution in [2.24, 2.45) is 0 Å². The second-order valence-corrected chi connectivity index (χ2v) is 10.2. The standard InChI is InChI=1S/C30H27ClN4OS/c1-2-21-3-5-22(6-4-21)17-33-29(36)25-11-7-23(8-12-25)19-35-28-18-32-16-15-27(28)34-30(35)37-20-24-9-13-26(31)14-10-24/h3-16,18H,2,17,19-20H2,1H3,(H,33,36). The molecule has 0 atom stereocenters. The highest BCUT2D eigenvalue weighted by Crippen LogP contribution is 2.28. The third kappa shape index (κ3) is 6.21. The number of aromatic nitrogens is 3. The molecule has 3 aromatic carbocycles. The molecule has 2 heterocycles. The van der Waals surface area contributed by atoms with E-state index in [0.717, 1.165) is 44.5 Å². The van der Waals surface area contributed by atoms with Gasteiger partial charge >= 0.3 is 0 Å². The Morgan fingerprint density at radius 1 is 0.892 bits per heavy atom. The normalized spacial score (nSPS) is 11.1. The Balaban J connectivity index is 1.27. The SMILES string of the molecule is CCc1ccc(CNC(=O)c2ccc(Cn3c(SCc4ccc(Cl)cc4)nc4ccncc43)cc2)cc1. The van der Waals surface area contributed by atoms with Crippen molar-refractivity contribution < 1.29 is 4.79 Å². The number of fused-ring (bicyclic) bond motifs is 1. The molecule has 0 aliphatic carbocycles. The first-order valence-electron chi connectivity index (χ1n) is 12.2. The van der Waals surface area contributed by atoms with Gasteiger partial charge in [0.2, 0.25) is 0 Å². The van der Waals surface area contributed by atoms with Crippen LogP contribution in [0.2, 0.25) is 5.02 Å². The number of halogens is 1. The Hall–Kier alpha value is -3.61. The minimum atomic E-state index is -0.0809. The number of nitrogens with zero attached hydrogens (tertiary/aromatic N) is 3. The minimum absolute atomic E-state index is 0.0809. The van der Waals surface area contributed by atoms with Gasteiger partial charge in [0.1, 0.15) is 0 Å². The molecule has 0 saturated heterocycles. The van der Waals surface area contributed by atoms with Gasteiger partial charge in [-0.25, -0.2) is 4.98 Å². The summed E-state index contributed by atoms with van der Waals surface area (Å²) in [6.45, 7) is 3.28. The monoisotopic (exact) mass is 526 g/mol. The molecule has 1 amide bonds. The maximum Gasteiger partial charge on any atom is 0.251 e. The number of aryl methyl sites for hydroxylation is 1. The van der Waals surface area contributed by atoms with Gasteiger partial charge in [-0.15, -0.1) is 0 Å². The third-order valence-electron chi connectivity index (χ3n) is 6.24. The predicted molar refractivity (Wildman–Crippen MR) is 151 cm³/mol. The van der Waals surface area contributed by atoms with E-state index in [-0.39, 0.29) is 5.91 Å². The molecular weight excluding hydrogens is 500 g/mol. The molecule has 5 rings (SSSR count). The Kier molecular flexibility index (Phi) is 7.87. The molecule has 5 aromatic rings. The van der Waals surface area contributed by atoms with Gasteiger partial charge in [0.05, 0.1) is 23.8 Å². The summed E-state index contributed by atoms with van der Waals surface area (Å²) in [5.74, 6) is 0.705. The first-order chi connectivity index (χ1) is 18.1. The molecule has 0 aliphatic heterocycles. The lowest BCUT2D eigenvalue weighted by atomic mass is 10.1. The van der Waals surface area contributed by atoms with Gasteiger partial charge in [-0.05, 0) is 59.0 Å². The molecule has 0 bridgehead atoms. The quantitative estimate of drug-likeness (QED) is 0.212. The minimum Gasteiger partial charge on any atom is -0.348 e. The predicted octanol–water partition coefficient (Wildman–Crippen LogP) is 6.92. The molecular formula is C30H27ClN4OS. The number of hydrogen-bond donors (Lipinski definition) is 1. The van der Waals surface area contributed by atoms with Crippen molar-refractivity contribution in [3.63, 3.8) is 0 Å². The number of pyridine rings is 1. The van der Waals surface area contributed by atoms with E-state index in [1.54, 1.807) is 18.0 Å². The van der Waals surface area contributed by atoms with E-state index < -0.39 is 0 Å². The third-order valence-corrected chi connectivity index (χ3v) is 7.54. The summed E-state index contributed by atoms with van der Waals surface area (Å²) < 4.78 is 2.18. The van der Waals surface area contributed by atoms with Crippen LogP contribution in [-0.4, -0.2) is 20.4 Å². The van der Waals surface area contributed by atoms with Crippen LogP contribution in [0, 0.1) is 0 Å². The van der Waals surface area contributed by atoms with E-state index in [4.69, 9.17) is 16.6 Å². The van der Waals surface area contributed by atoms with Gasteiger partial charge < -0.3 is 9.88 Å². The number of benzene rings is 3. The lowest BCUT2D eigenvalue weighted by Crippen LogP contribution is -2.22. The fraction of sp³-hybridized carbons (Fsp3) is 0.167. The summed E-state index contributed by atoms with van der Waals surface area (Å²) in [5, 5.41) is 4.67. The van der Waals surface area contributed by atoms with Gasteiger partial charge in [-0.1, -0.05) is 78.8 Å². The Morgan fingerprint density at radius 3 is 2.30 bits per heavy atom. The first-order valence-corrected chi connectivity index (χ1v) is 13.6. The fourth-order valence-corrected chi connectivity index (χ4v) is 5.16. The van der Waals surface area contributed by atoms with Crippen LogP contribution in [0.1, 0.15) is 39.5 Å². The summed E-state index contributed by atoms with van der Waals surface area (Å²) in [5.41, 5.74) is 7.19. The van der Waals surface area contributed by atoms with Gasteiger partial charge in [0, 0.05) is 29.1 Å². The van der Waals surface area contributed by atoms with E-state index in [2.05, 4.69) is 46.1 Å². The number of carbonyl (C=O) groups excluding carboxylic acids is 1. The zero-order valence-electron chi connectivity index (χ0n) is 20.5. The van der Waals surface area contributed by atoms with Gasteiger partial charge in [0.15, 0.2) is 5.16 Å². The smallest absolute Gasteiger partial charge is 0.251 e. The van der Waals surface area contributed by atoms with Gasteiger partial charge in [-0.3, -0.25) is 9.78 Å². The number of carbonyl (C=O) groups is 1. The highest BCUT2D eigenvalue weighted by Gasteiger charge is 2.13. The number of amides is 1. The summed E-state index contributed by atoms with van der Waals surface area (Å²) in [6.07, 6.45) is 4.62. The maximum atomic E-state index is 12.7. The number of imidazole rings is 1. The van der Waals surface area contributed by atoms with E-state index in [0.29, 0.717) is 18.7 Å². The summed E-state index contributed by atoms with van der Waals surface area (Å²) in [4.78, 5) is 21.9. The number of rotatable bonds is 9. The van der Waals surface area contributed by atoms with Crippen LogP contribution < -0.4 is 5.32 Å².